The summed E-state index contributed by atoms with van der Waals surface area (Å²) in [5, 5.41) is 1.63. The summed E-state index contributed by atoms with van der Waals surface area (Å²) in [6, 6.07) is 7.23. The summed E-state index contributed by atoms with van der Waals surface area (Å²) >= 11 is 18.6. The van der Waals surface area contributed by atoms with Crippen molar-refractivity contribution in [3.63, 3.8) is 0 Å². The second kappa shape index (κ2) is 6.13. The van der Waals surface area contributed by atoms with Crippen LogP contribution in [0, 0.1) is 12.8 Å². The number of hydrogen-bond donors (Lipinski definition) is 0. The Bertz CT molecular complexity index is 574. The van der Waals surface area contributed by atoms with Gasteiger partial charge < -0.3 is 0 Å². The van der Waals surface area contributed by atoms with Crippen LogP contribution in [0.5, 0.6) is 0 Å². The fourth-order valence-corrected chi connectivity index (χ4v) is 2.76. The minimum absolute atomic E-state index is 0.313. The van der Waals surface area contributed by atoms with Crippen molar-refractivity contribution >= 4 is 34.8 Å². The van der Waals surface area contributed by atoms with Crippen molar-refractivity contribution in [2.75, 3.05) is 0 Å². The van der Waals surface area contributed by atoms with E-state index in [1.54, 1.807) is 24.4 Å². The number of aromatic nitrogens is 1. The van der Waals surface area contributed by atoms with E-state index in [1.807, 2.05) is 13.0 Å². The van der Waals surface area contributed by atoms with Crippen LogP contribution in [0.2, 0.25) is 15.1 Å². The Labute approximate surface area is 128 Å². The van der Waals surface area contributed by atoms with Crippen molar-refractivity contribution in [3.05, 3.63) is 58.0 Å². The van der Waals surface area contributed by atoms with E-state index in [1.165, 1.54) is 0 Å². The molecule has 99 valence electrons. The molecule has 1 aromatic heterocycles. The molecule has 1 radical (unpaired) electrons. The molecular weight excluding hydrogens is 301 g/mol. The Hall–Kier alpha value is -0.760. The Morgan fingerprint density at radius 1 is 1.16 bits per heavy atom. The van der Waals surface area contributed by atoms with Crippen LogP contribution in [0.15, 0.2) is 30.5 Å². The van der Waals surface area contributed by atoms with Gasteiger partial charge in [-0.15, -0.1) is 0 Å². The first-order valence-electron chi connectivity index (χ1n) is 5.91. The highest BCUT2D eigenvalue weighted by atomic mass is 35.5. The summed E-state index contributed by atoms with van der Waals surface area (Å²) in [7, 11) is 0. The van der Waals surface area contributed by atoms with Gasteiger partial charge in [0.05, 0.1) is 20.8 Å². The molecule has 1 aromatic carbocycles. The molecule has 1 atom stereocenters. The number of nitrogens with zero attached hydrogens (tertiary/aromatic N) is 1. The zero-order valence-corrected chi connectivity index (χ0v) is 12.7. The summed E-state index contributed by atoms with van der Waals surface area (Å²) < 4.78 is 0. The maximum absolute atomic E-state index is 6.29. The van der Waals surface area contributed by atoms with Crippen molar-refractivity contribution in [2.24, 2.45) is 5.92 Å². The van der Waals surface area contributed by atoms with Gasteiger partial charge in [-0.05, 0) is 36.1 Å². The molecule has 19 heavy (non-hydrogen) atoms. The molecule has 0 spiro atoms. The first-order valence-corrected chi connectivity index (χ1v) is 7.04. The van der Waals surface area contributed by atoms with E-state index in [2.05, 4.69) is 11.9 Å². The van der Waals surface area contributed by atoms with Crippen molar-refractivity contribution < 1.29 is 0 Å². The Kier molecular flexibility index (Phi) is 4.72. The highest BCUT2D eigenvalue weighted by molar-refractivity contribution is 6.40. The van der Waals surface area contributed by atoms with Crippen LogP contribution >= 0.6 is 34.8 Å². The molecule has 0 aliphatic rings. The molecular formula is C15H13Cl3N. The van der Waals surface area contributed by atoms with Crippen molar-refractivity contribution in [2.45, 2.75) is 13.3 Å². The molecule has 4 heteroatoms. The predicted octanol–water partition coefficient (Wildman–Crippen LogP) is 5.72. The predicted molar refractivity (Wildman–Crippen MR) is 82.9 cm³/mol. The number of benzene rings is 1. The van der Waals surface area contributed by atoms with Gasteiger partial charge in [0.1, 0.15) is 0 Å². The minimum atomic E-state index is 0.313. The van der Waals surface area contributed by atoms with Crippen LogP contribution in [0.1, 0.15) is 12.5 Å². The third-order valence-corrected chi connectivity index (χ3v) is 3.60. The molecule has 0 unspecified atom stereocenters. The Balaban J connectivity index is 2.47. The quantitative estimate of drug-likeness (QED) is 0.706. The van der Waals surface area contributed by atoms with Crippen LogP contribution in [0.3, 0.4) is 0 Å². The van der Waals surface area contributed by atoms with Gasteiger partial charge in [0.2, 0.25) is 0 Å². The molecule has 0 saturated heterocycles. The largest absolute Gasteiger partial charge is 0.254 e. The normalized spacial score (nSPS) is 11.1. The summed E-state index contributed by atoms with van der Waals surface area (Å²) in [5.41, 5.74) is 2.34. The molecule has 2 aromatic rings. The number of rotatable bonds is 3. The minimum Gasteiger partial charge on any atom is -0.254 e. The second-order valence-electron chi connectivity index (χ2n) is 4.58. The van der Waals surface area contributed by atoms with Gasteiger partial charge in [0.15, 0.2) is 0 Å². The van der Waals surface area contributed by atoms with E-state index in [-0.39, 0.29) is 0 Å². The topological polar surface area (TPSA) is 12.9 Å². The van der Waals surface area contributed by atoms with Crippen LogP contribution in [0.25, 0.3) is 11.3 Å². The maximum Gasteiger partial charge on any atom is 0.0918 e. The zero-order valence-electron chi connectivity index (χ0n) is 10.5. The van der Waals surface area contributed by atoms with Gasteiger partial charge in [0.25, 0.3) is 0 Å². The van der Waals surface area contributed by atoms with Gasteiger partial charge in [-0.25, -0.2) is 0 Å². The summed E-state index contributed by atoms with van der Waals surface area (Å²) in [6.45, 7) is 6.01. The molecule has 2 rings (SSSR count). The fraction of sp³-hybridized carbons (Fsp3) is 0.200. The summed E-state index contributed by atoms with van der Waals surface area (Å²) in [4.78, 5) is 4.39. The van der Waals surface area contributed by atoms with Crippen LogP contribution in [-0.2, 0) is 6.42 Å². The van der Waals surface area contributed by atoms with Crippen molar-refractivity contribution in [1.82, 2.24) is 4.98 Å². The lowest BCUT2D eigenvalue weighted by Gasteiger charge is -2.10. The first kappa shape index (κ1) is 14.6. The Morgan fingerprint density at radius 2 is 1.79 bits per heavy atom. The van der Waals surface area contributed by atoms with Crippen LogP contribution in [0.4, 0.5) is 0 Å². The molecule has 0 saturated carbocycles. The summed E-state index contributed by atoms with van der Waals surface area (Å²) in [6.07, 6.45) is 2.63. The average molecular weight is 314 g/mol. The van der Waals surface area contributed by atoms with E-state index in [4.69, 9.17) is 34.8 Å². The lowest BCUT2D eigenvalue weighted by atomic mass is 10.0. The molecule has 0 aliphatic heterocycles. The van der Waals surface area contributed by atoms with Crippen LogP contribution in [-0.4, -0.2) is 4.98 Å². The van der Waals surface area contributed by atoms with E-state index in [0.717, 1.165) is 12.0 Å². The van der Waals surface area contributed by atoms with Gasteiger partial charge in [0, 0.05) is 11.8 Å². The standard InChI is InChI=1S/C15H13Cl3N/c1-9(2)6-10-7-13(18)15(19-8-10)14-11(16)4-3-5-12(14)17/h3-5,7-9H,1,6H2,2H3/t9-/m0/s1. The van der Waals surface area contributed by atoms with Crippen molar-refractivity contribution in [1.29, 1.82) is 0 Å². The lowest BCUT2D eigenvalue weighted by Crippen LogP contribution is -1.97. The highest BCUT2D eigenvalue weighted by Gasteiger charge is 2.14. The van der Waals surface area contributed by atoms with Gasteiger partial charge in [-0.1, -0.05) is 54.7 Å². The molecule has 0 bridgehead atoms. The molecule has 0 aliphatic carbocycles. The maximum atomic E-state index is 6.29. The van der Waals surface area contributed by atoms with Gasteiger partial charge >= 0.3 is 0 Å². The van der Waals surface area contributed by atoms with Crippen LogP contribution < -0.4 is 0 Å². The van der Waals surface area contributed by atoms with Gasteiger partial charge in [-0.2, -0.15) is 0 Å². The number of halogens is 3. The smallest absolute Gasteiger partial charge is 0.0918 e. The molecule has 0 N–H and O–H groups in total. The average Bonchev–Trinajstić information content (AvgIpc) is 2.30. The lowest BCUT2D eigenvalue weighted by molar-refractivity contribution is 0.717. The SMILES string of the molecule is [CH2][C@@H](C)Cc1cnc(-c2c(Cl)cccc2Cl)c(Cl)c1. The summed E-state index contributed by atoms with van der Waals surface area (Å²) in [5.74, 6) is 0.313. The first-order chi connectivity index (χ1) is 8.99. The Morgan fingerprint density at radius 3 is 2.32 bits per heavy atom. The van der Waals surface area contributed by atoms with E-state index in [9.17, 15) is 0 Å². The van der Waals surface area contributed by atoms with E-state index < -0.39 is 0 Å². The van der Waals surface area contributed by atoms with Crippen molar-refractivity contribution in [3.8, 4) is 11.3 Å². The van der Waals surface area contributed by atoms with E-state index >= 15 is 0 Å². The second-order valence-corrected chi connectivity index (χ2v) is 5.80. The third-order valence-electron chi connectivity index (χ3n) is 2.68. The number of pyridine rings is 1. The molecule has 0 fully saturated rings. The molecule has 1 heterocycles. The van der Waals surface area contributed by atoms with E-state index in [0.29, 0.717) is 32.2 Å². The van der Waals surface area contributed by atoms with Gasteiger partial charge in [-0.3, -0.25) is 4.98 Å². The fourth-order valence-electron chi connectivity index (χ4n) is 1.90. The molecule has 1 nitrogen and oxygen atoms in total. The molecule has 0 amide bonds. The highest BCUT2D eigenvalue weighted by Crippen LogP contribution is 2.37. The monoisotopic (exact) mass is 312 g/mol. The third kappa shape index (κ3) is 3.42. The number of hydrogen-bond acceptors (Lipinski definition) is 1. The zero-order chi connectivity index (χ0) is 14.0.